The number of hydrogen-bond donors (Lipinski definition) is 0. The van der Waals surface area contributed by atoms with Crippen molar-refractivity contribution in [3.63, 3.8) is 0 Å². The van der Waals surface area contributed by atoms with Crippen molar-refractivity contribution in [3.05, 3.63) is 17.5 Å². The molecular weight excluding hydrogens is 236 g/mol. The first kappa shape index (κ1) is 12.9. The molecule has 2 saturated heterocycles. The molecule has 0 aliphatic carbocycles. The van der Waals surface area contributed by atoms with E-state index in [2.05, 4.69) is 33.6 Å². The standard InChI is InChI=1S/C15H24N4/c1-12-10-13(2)17-15(16-12)19-9-5-6-14(11-19)18-7-3-4-8-18/h10,14H,3-9,11H2,1-2H3/t14-/m1/s1. The van der Waals surface area contributed by atoms with E-state index in [9.17, 15) is 0 Å². The van der Waals surface area contributed by atoms with Crippen molar-refractivity contribution in [1.82, 2.24) is 14.9 Å². The van der Waals surface area contributed by atoms with Gasteiger partial charge in [0, 0.05) is 30.5 Å². The van der Waals surface area contributed by atoms with Gasteiger partial charge in [0.2, 0.25) is 5.95 Å². The van der Waals surface area contributed by atoms with Crippen LogP contribution < -0.4 is 4.90 Å². The predicted octanol–water partition coefficient (Wildman–Crippen LogP) is 2.16. The van der Waals surface area contributed by atoms with Gasteiger partial charge in [0.05, 0.1) is 0 Å². The number of hydrogen-bond acceptors (Lipinski definition) is 4. The number of aromatic nitrogens is 2. The minimum Gasteiger partial charge on any atom is -0.339 e. The molecule has 3 rings (SSSR count). The summed E-state index contributed by atoms with van der Waals surface area (Å²) in [4.78, 5) is 14.3. The maximum atomic E-state index is 4.62. The molecular formula is C15H24N4. The Labute approximate surface area is 115 Å². The summed E-state index contributed by atoms with van der Waals surface area (Å²) in [6.07, 6.45) is 5.34. The van der Waals surface area contributed by atoms with Gasteiger partial charge in [-0.3, -0.25) is 4.90 Å². The molecule has 0 amide bonds. The number of piperidine rings is 1. The topological polar surface area (TPSA) is 32.3 Å². The maximum absolute atomic E-state index is 4.62. The van der Waals surface area contributed by atoms with E-state index in [4.69, 9.17) is 0 Å². The Balaban J connectivity index is 1.73. The van der Waals surface area contributed by atoms with Gasteiger partial charge in [0.15, 0.2) is 0 Å². The number of anilines is 1. The fourth-order valence-corrected chi connectivity index (χ4v) is 3.39. The smallest absolute Gasteiger partial charge is 0.225 e. The minimum atomic E-state index is 0.709. The Morgan fingerprint density at radius 2 is 1.68 bits per heavy atom. The molecule has 0 aromatic carbocycles. The summed E-state index contributed by atoms with van der Waals surface area (Å²) in [5, 5.41) is 0. The molecule has 3 heterocycles. The van der Waals surface area contributed by atoms with E-state index in [-0.39, 0.29) is 0 Å². The molecule has 19 heavy (non-hydrogen) atoms. The van der Waals surface area contributed by atoms with Gasteiger partial charge in [-0.15, -0.1) is 0 Å². The van der Waals surface area contributed by atoms with Gasteiger partial charge in [0.1, 0.15) is 0 Å². The Hall–Kier alpha value is -1.16. The molecule has 0 spiro atoms. The second-order valence-corrected chi connectivity index (χ2v) is 5.94. The lowest BCUT2D eigenvalue weighted by Gasteiger charge is -2.37. The van der Waals surface area contributed by atoms with E-state index in [1.54, 1.807) is 0 Å². The first-order chi connectivity index (χ1) is 9.22. The van der Waals surface area contributed by atoms with Crippen molar-refractivity contribution in [2.45, 2.75) is 45.6 Å². The molecule has 1 aromatic heterocycles. The van der Waals surface area contributed by atoms with Crippen LogP contribution in [0.5, 0.6) is 0 Å². The first-order valence-corrected chi connectivity index (χ1v) is 7.53. The minimum absolute atomic E-state index is 0.709. The molecule has 2 fully saturated rings. The van der Waals surface area contributed by atoms with Crippen LogP contribution in [0.4, 0.5) is 5.95 Å². The molecule has 4 nitrogen and oxygen atoms in total. The van der Waals surface area contributed by atoms with Crippen LogP contribution in [0.3, 0.4) is 0 Å². The molecule has 0 saturated carbocycles. The molecule has 1 atom stereocenters. The highest BCUT2D eigenvalue weighted by atomic mass is 15.3. The van der Waals surface area contributed by atoms with Gasteiger partial charge in [0.25, 0.3) is 0 Å². The van der Waals surface area contributed by atoms with Crippen LogP contribution in [0.25, 0.3) is 0 Å². The summed E-state index contributed by atoms with van der Waals surface area (Å²) < 4.78 is 0. The molecule has 0 bridgehead atoms. The van der Waals surface area contributed by atoms with Gasteiger partial charge in [-0.2, -0.15) is 0 Å². The van der Waals surface area contributed by atoms with Crippen molar-refractivity contribution in [3.8, 4) is 0 Å². The second kappa shape index (κ2) is 5.45. The summed E-state index contributed by atoms with van der Waals surface area (Å²) >= 11 is 0. The van der Waals surface area contributed by atoms with Gasteiger partial charge in [-0.05, 0) is 58.7 Å². The summed E-state index contributed by atoms with van der Waals surface area (Å²) in [6.45, 7) is 8.88. The van der Waals surface area contributed by atoms with Crippen molar-refractivity contribution < 1.29 is 0 Å². The number of likely N-dealkylation sites (tertiary alicyclic amines) is 1. The first-order valence-electron chi connectivity index (χ1n) is 7.53. The van der Waals surface area contributed by atoms with Crippen molar-refractivity contribution in [2.24, 2.45) is 0 Å². The summed E-state index contributed by atoms with van der Waals surface area (Å²) in [7, 11) is 0. The fraction of sp³-hybridized carbons (Fsp3) is 0.733. The zero-order chi connectivity index (χ0) is 13.2. The quantitative estimate of drug-likeness (QED) is 0.815. The molecule has 1 aromatic rings. The highest BCUT2D eigenvalue weighted by Gasteiger charge is 2.28. The third-order valence-corrected chi connectivity index (χ3v) is 4.31. The Morgan fingerprint density at radius 1 is 1.00 bits per heavy atom. The van der Waals surface area contributed by atoms with E-state index < -0.39 is 0 Å². The van der Waals surface area contributed by atoms with E-state index in [1.165, 1.54) is 38.8 Å². The highest BCUT2D eigenvalue weighted by Crippen LogP contribution is 2.23. The second-order valence-electron chi connectivity index (χ2n) is 5.94. The van der Waals surface area contributed by atoms with Gasteiger partial charge >= 0.3 is 0 Å². The lowest BCUT2D eigenvalue weighted by atomic mass is 10.0. The van der Waals surface area contributed by atoms with Crippen LogP contribution >= 0.6 is 0 Å². The van der Waals surface area contributed by atoms with Crippen LogP contribution in [-0.2, 0) is 0 Å². The van der Waals surface area contributed by atoms with Gasteiger partial charge in [-0.25, -0.2) is 9.97 Å². The normalized spacial score (nSPS) is 24.9. The summed E-state index contributed by atoms with van der Waals surface area (Å²) in [5.74, 6) is 0.932. The largest absolute Gasteiger partial charge is 0.339 e. The third-order valence-electron chi connectivity index (χ3n) is 4.31. The molecule has 0 unspecified atom stereocenters. The molecule has 2 aliphatic heterocycles. The lowest BCUT2D eigenvalue weighted by molar-refractivity contribution is 0.214. The average Bonchev–Trinajstić information content (AvgIpc) is 2.92. The zero-order valence-electron chi connectivity index (χ0n) is 12.1. The zero-order valence-corrected chi connectivity index (χ0v) is 12.1. The van der Waals surface area contributed by atoms with Crippen molar-refractivity contribution in [1.29, 1.82) is 0 Å². The molecule has 0 radical (unpaired) electrons. The number of aryl methyl sites for hydroxylation is 2. The van der Waals surface area contributed by atoms with Crippen molar-refractivity contribution in [2.75, 3.05) is 31.1 Å². The molecule has 104 valence electrons. The van der Waals surface area contributed by atoms with Crippen LogP contribution in [-0.4, -0.2) is 47.1 Å². The molecule has 0 N–H and O–H groups in total. The van der Waals surface area contributed by atoms with E-state index >= 15 is 0 Å². The van der Waals surface area contributed by atoms with Gasteiger partial charge < -0.3 is 4.90 Å². The maximum Gasteiger partial charge on any atom is 0.225 e. The average molecular weight is 260 g/mol. The summed E-state index contributed by atoms with van der Waals surface area (Å²) in [6, 6.07) is 2.76. The number of nitrogens with zero attached hydrogens (tertiary/aromatic N) is 4. The fourth-order valence-electron chi connectivity index (χ4n) is 3.39. The van der Waals surface area contributed by atoms with Crippen molar-refractivity contribution >= 4 is 5.95 Å². The van der Waals surface area contributed by atoms with Crippen LogP contribution in [0.15, 0.2) is 6.07 Å². The number of rotatable bonds is 2. The van der Waals surface area contributed by atoms with Crippen LogP contribution in [0.2, 0.25) is 0 Å². The van der Waals surface area contributed by atoms with Crippen LogP contribution in [0.1, 0.15) is 37.1 Å². The Morgan fingerprint density at radius 3 is 2.37 bits per heavy atom. The molecule has 2 aliphatic rings. The summed E-state index contributed by atoms with van der Waals surface area (Å²) in [5.41, 5.74) is 2.15. The lowest BCUT2D eigenvalue weighted by Crippen LogP contribution is -2.47. The van der Waals surface area contributed by atoms with E-state index in [1.807, 2.05) is 6.07 Å². The molecule has 4 heteroatoms. The van der Waals surface area contributed by atoms with Crippen LogP contribution in [0, 0.1) is 13.8 Å². The predicted molar refractivity (Wildman–Crippen MR) is 77.5 cm³/mol. The Kier molecular flexibility index (Phi) is 3.69. The third kappa shape index (κ3) is 2.89. The monoisotopic (exact) mass is 260 g/mol. The van der Waals surface area contributed by atoms with E-state index in [0.717, 1.165) is 30.4 Å². The van der Waals surface area contributed by atoms with Gasteiger partial charge in [-0.1, -0.05) is 0 Å². The SMILES string of the molecule is Cc1cc(C)nc(N2CCC[C@@H](N3CCCC3)C2)n1. The highest BCUT2D eigenvalue weighted by molar-refractivity contribution is 5.33. The van der Waals surface area contributed by atoms with E-state index in [0.29, 0.717) is 6.04 Å². The Bertz CT molecular complexity index is 420.